The number of hydrogen-bond donors (Lipinski definition) is 3. The molecule has 8 nitrogen and oxygen atoms in total. The maximum absolute atomic E-state index is 12.5. The van der Waals surface area contributed by atoms with Gasteiger partial charge in [-0.15, -0.1) is 0 Å². The van der Waals surface area contributed by atoms with E-state index in [2.05, 4.69) is 10.6 Å². The first-order chi connectivity index (χ1) is 14.2. The van der Waals surface area contributed by atoms with Crippen LogP contribution >= 0.6 is 0 Å². The quantitative estimate of drug-likeness (QED) is 0.686. The van der Waals surface area contributed by atoms with Gasteiger partial charge < -0.3 is 25.3 Å². The third-order valence-electron chi connectivity index (χ3n) is 4.42. The van der Waals surface area contributed by atoms with Crippen molar-refractivity contribution in [2.24, 2.45) is 0 Å². The standard InChI is InChI=1S/C19H19F3N4O4/c20-19(21,22)11-23-16(27)14-3-1-9-26(14)18(29)25-13-7-5-12(6-8-13)24-17(28)15-4-2-10-30-15/h2,4-8,10,14H,1,3,9,11H2,(H,23,27)(H,24,28)(H,25,29). The number of hydrogen-bond acceptors (Lipinski definition) is 4. The van der Waals surface area contributed by atoms with Crippen LogP contribution in [0.3, 0.4) is 0 Å². The van der Waals surface area contributed by atoms with Crippen LogP contribution in [0, 0.1) is 0 Å². The van der Waals surface area contributed by atoms with Crippen molar-refractivity contribution in [3.05, 3.63) is 48.4 Å². The predicted molar refractivity (Wildman–Crippen MR) is 101 cm³/mol. The van der Waals surface area contributed by atoms with E-state index in [0.717, 1.165) is 0 Å². The summed E-state index contributed by atoms with van der Waals surface area (Å²) < 4.78 is 41.9. The maximum atomic E-state index is 12.5. The lowest BCUT2D eigenvalue weighted by Gasteiger charge is -2.24. The third-order valence-corrected chi connectivity index (χ3v) is 4.42. The van der Waals surface area contributed by atoms with Crippen LogP contribution in [-0.2, 0) is 4.79 Å². The van der Waals surface area contributed by atoms with Gasteiger partial charge in [0.25, 0.3) is 5.91 Å². The van der Waals surface area contributed by atoms with Gasteiger partial charge in [-0.3, -0.25) is 9.59 Å². The second-order valence-corrected chi connectivity index (χ2v) is 6.62. The number of carbonyl (C=O) groups excluding carboxylic acids is 3. The second-order valence-electron chi connectivity index (χ2n) is 6.62. The monoisotopic (exact) mass is 424 g/mol. The maximum Gasteiger partial charge on any atom is 0.405 e. The fourth-order valence-electron chi connectivity index (χ4n) is 3.02. The van der Waals surface area contributed by atoms with E-state index in [1.165, 1.54) is 17.2 Å². The van der Waals surface area contributed by atoms with Gasteiger partial charge >= 0.3 is 12.2 Å². The SMILES string of the molecule is O=C(Nc1ccc(NC(=O)N2CCCC2C(=O)NCC(F)(F)F)cc1)c1ccco1. The molecule has 0 radical (unpaired) electrons. The zero-order valence-electron chi connectivity index (χ0n) is 15.7. The highest BCUT2D eigenvalue weighted by Crippen LogP contribution is 2.21. The number of rotatable bonds is 5. The summed E-state index contributed by atoms with van der Waals surface area (Å²) in [7, 11) is 0. The molecule has 1 aromatic carbocycles. The van der Waals surface area contributed by atoms with Crippen molar-refractivity contribution in [1.29, 1.82) is 0 Å². The van der Waals surface area contributed by atoms with E-state index in [-0.39, 0.29) is 18.7 Å². The number of halogens is 3. The van der Waals surface area contributed by atoms with E-state index in [9.17, 15) is 27.6 Å². The number of furan rings is 1. The normalized spacial score (nSPS) is 16.2. The minimum Gasteiger partial charge on any atom is -0.459 e. The van der Waals surface area contributed by atoms with Crippen LogP contribution in [0.15, 0.2) is 47.1 Å². The van der Waals surface area contributed by atoms with Crippen LogP contribution < -0.4 is 16.0 Å². The summed E-state index contributed by atoms with van der Waals surface area (Å²) in [5.41, 5.74) is 0.873. The zero-order valence-corrected chi connectivity index (χ0v) is 15.7. The van der Waals surface area contributed by atoms with Crippen molar-refractivity contribution in [3.63, 3.8) is 0 Å². The molecule has 2 heterocycles. The molecule has 1 unspecified atom stereocenters. The molecular formula is C19H19F3N4O4. The average molecular weight is 424 g/mol. The number of benzene rings is 1. The molecule has 3 rings (SSSR count). The summed E-state index contributed by atoms with van der Waals surface area (Å²) >= 11 is 0. The van der Waals surface area contributed by atoms with Gasteiger partial charge in [0.2, 0.25) is 5.91 Å². The van der Waals surface area contributed by atoms with Gasteiger partial charge in [-0.05, 0) is 49.2 Å². The minimum absolute atomic E-state index is 0.149. The van der Waals surface area contributed by atoms with E-state index in [4.69, 9.17) is 4.42 Å². The number of nitrogens with zero attached hydrogens (tertiary/aromatic N) is 1. The van der Waals surface area contributed by atoms with Gasteiger partial charge in [-0.2, -0.15) is 13.2 Å². The van der Waals surface area contributed by atoms with Crippen LogP contribution in [0.1, 0.15) is 23.4 Å². The number of alkyl halides is 3. The predicted octanol–water partition coefficient (Wildman–Crippen LogP) is 3.21. The number of nitrogens with one attached hydrogen (secondary N) is 3. The molecule has 4 amide bonds. The van der Waals surface area contributed by atoms with E-state index in [1.807, 2.05) is 5.32 Å². The van der Waals surface area contributed by atoms with Crippen molar-refractivity contribution < 1.29 is 32.0 Å². The Bertz CT molecular complexity index is 898. The Morgan fingerprint density at radius 1 is 1.07 bits per heavy atom. The fraction of sp³-hybridized carbons (Fsp3) is 0.316. The minimum atomic E-state index is -4.52. The largest absolute Gasteiger partial charge is 0.459 e. The molecule has 1 saturated heterocycles. The van der Waals surface area contributed by atoms with E-state index >= 15 is 0 Å². The molecule has 1 aromatic heterocycles. The van der Waals surface area contributed by atoms with Gasteiger partial charge in [-0.25, -0.2) is 4.79 Å². The first kappa shape index (κ1) is 21.2. The van der Waals surface area contributed by atoms with Gasteiger partial charge in [0, 0.05) is 17.9 Å². The lowest BCUT2D eigenvalue weighted by atomic mass is 10.2. The molecule has 1 aliphatic rings. The summed E-state index contributed by atoms with van der Waals surface area (Å²) in [5.74, 6) is -1.12. The fourth-order valence-corrected chi connectivity index (χ4v) is 3.02. The number of anilines is 2. The first-order valence-corrected chi connectivity index (χ1v) is 9.10. The molecule has 3 N–H and O–H groups in total. The summed E-state index contributed by atoms with van der Waals surface area (Å²) in [4.78, 5) is 37.6. The van der Waals surface area contributed by atoms with Crippen molar-refractivity contribution in [1.82, 2.24) is 10.2 Å². The molecule has 30 heavy (non-hydrogen) atoms. The molecular weight excluding hydrogens is 405 g/mol. The first-order valence-electron chi connectivity index (χ1n) is 9.10. The van der Waals surface area contributed by atoms with Crippen LogP contribution in [0.5, 0.6) is 0 Å². The third kappa shape index (κ3) is 5.52. The van der Waals surface area contributed by atoms with Gasteiger partial charge in [-0.1, -0.05) is 0 Å². The molecule has 160 valence electrons. The van der Waals surface area contributed by atoms with E-state index in [0.29, 0.717) is 17.8 Å². The summed E-state index contributed by atoms with van der Waals surface area (Å²) in [6, 6.07) is 7.77. The Morgan fingerprint density at radius 3 is 2.33 bits per heavy atom. The number of amides is 4. The van der Waals surface area contributed by atoms with Crippen LogP contribution in [0.25, 0.3) is 0 Å². The number of likely N-dealkylation sites (tertiary alicyclic amines) is 1. The van der Waals surface area contributed by atoms with Gasteiger partial charge in [0.05, 0.1) is 6.26 Å². The lowest BCUT2D eigenvalue weighted by Crippen LogP contribution is -2.49. The molecule has 0 spiro atoms. The highest BCUT2D eigenvalue weighted by Gasteiger charge is 2.36. The van der Waals surface area contributed by atoms with Crippen LogP contribution in [-0.4, -0.2) is 48.1 Å². The zero-order chi connectivity index (χ0) is 21.7. The molecule has 11 heteroatoms. The highest BCUT2D eigenvalue weighted by molar-refractivity contribution is 6.02. The number of urea groups is 1. The molecule has 2 aromatic rings. The average Bonchev–Trinajstić information content (AvgIpc) is 3.39. The smallest absolute Gasteiger partial charge is 0.405 e. The molecule has 1 aliphatic heterocycles. The van der Waals surface area contributed by atoms with Crippen molar-refractivity contribution in [2.45, 2.75) is 25.1 Å². The summed E-state index contributed by atoms with van der Waals surface area (Å²) in [5, 5.41) is 7.05. The van der Waals surface area contributed by atoms with Crippen molar-refractivity contribution in [2.75, 3.05) is 23.7 Å². The van der Waals surface area contributed by atoms with Crippen LogP contribution in [0.4, 0.5) is 29.3 Å². The Balaban J connectivity index is 1.55. The Labute approximate surface area is 169 Å². The molecule has 0 aliphatic carbocycles. The molecule has 1 atom stereocenters. The Morgan fingerprint density at radius 2 is 1.73 bits per heavy atom. The van der Waals surface area contributed by atoms with E-state index < -0.39 is 36.6 Å². The lowest BCUT2D eigenvalue weighted by molar-refractivity contribution is -0.140. The Kier molecular flexibility index (Phi) is 6.28. The molecule has 0 bridgehead atoms. The number of carbonyl (C=O) groups is 3. The van der Waals surface area contributed by atoms with Gasteiger partial charge in [0.15, 0.2) is 5.76 Å². The summed E-state index contributed by atoms with van der Waals surface area (Å²) in [6.07, 6.45) is -2.35. The van der Waals surface area contributed by atoms with E-state index in [1.54, 1.807) is 30.3 Å². The summed E-state index contributed by atoms with van der Waals surface area (Å²) in [6.45, 7) is -1.18. The molecule has 1 fully saturated rings. The topological polar surface area (TPSA) is 104 Å². The second kappa shape index (κ2) is 8.89. The molecule has 0 saturated carbocycles. The van der Waals surface area contributed by atoms with Crippen molar-refractivity contribution in [3.8, 4) is 0 Å². The van der Waals surface area contributed by atoms with Crippen molar-refractivity contribution >= 4 is 29.2 Å². The van der Waals surface area contributed by atoms with Crippen LogP contribution in [0.2, 0.25) is 0 Å². The highest BCUT2D eigenvalue weighted by atomic mass is 19.4. The Hall–Kier alpha value is -3.50. The van der Waals surface area contributed by atoms with Gasteiger partial charge in [0.1, 0.15) is 12.6 Å².